The molecule has 1 aromatic rings. The monoisotopic (exact) mass is 238 g/mol. The lowest BCUT2D eigenvalue weighted by Gasteiger charge is -2.30. The van der Waals surface area contributed by atoms with E-state index in [1.54, 1.807) is 11.3 Å². The van der Waals surface area contributed by atoms with Crippen molar-refractivity contribution in [1.82, 2.24) is 10.2 Å². The molecule has 1 aliphatic rings. The van der Waals surface area contributed by atoms with Crippen molar-refractivity contribution < 1.29 is 9.59 Å². The molecule has 1 unspecified atom stereocenters. The van der Waals surface area contributed by atoms with Gasteiger partial charge in [0.25, 0.3) is 0 Å². The predicted molar refractivity (Wildman–Crippen MR) is 62.0 cm³/mol. The van der Waals surface area contributed by atoms with Gasteiger partial charge in [-0.05, 0) is 28.8 Å². The molecule has 1 fully saturated rings. The number of hydrogen-bond acceptors (Lipinski definition) is 4. The van der Waals surface area contributed by atoms with Crippen LogP contribution in [0.25, 0.3) is 0 Å². The van der Waals surface area contributed by atoms with Crippen LogP contribution in [-0.2, 0) is 16.1 Å². The van der Waals surface area contributed by atoms with Crippen molar-refractivity contribution >= 4 is 23.2 Å². The Balaban J connectivity index is 2.11. The summed E-state index contributed by atoms with van der Waals surface area (Å²) < 4.78 is 0. The normalized spacial score (nSPS) is 21.6. The van der Waals surface area contributed by atoms with E-state index in [1.807, 2.05) is 23.8 Å². The van der Waals surface area contributed by atoms with Crippen LogP contribution in [0, 0.1) is 0 Å². The van der Waals surface area contributed by atoms with Gasteiger partial charge in [0.2, 0.25) is 11.8 Å². The number of rotatable bonds is 3. The van der Waals surface area contributed by atoms with Crippen molar-refractivity contribution in [2.24, 2.45) is 0 Å². The van der Waals surface area contributed by atoms with Crippen molar-refractivity contribution in [3.05, 3.63) is 22.4 Å². The summed E-state index contributed by atoms with van der Waals surface area (Å²) in [6, 6.07) is 1.73. The van der Waals surface area contributed by atoms with Crippen molar-refractivity contribution in [2.75, 3.05) is 6.54 Å². The van der Waals surface area contributed by atoms with E-state index in [-0.39, 0.29) is 24.4 Å². The highest BCUT2D eigenvalue weighted by Gasteiger charge is 2.32. The lowest BCUT2D eigenvalue weighted by atomic mass is 10.1. The van der Waals surface area contributed by atoms with E-state index in [1.165, 1.54) is 4.90 Å². The number of thiophene rings is 1. The second-order valence-corrected chi connectivity index (χ2v) is 4.57. The third-order valence-corrected chi connectivity index (χ3v) is 3.43. The second kappa shape index (κ2) is 4.76. The van der Waals surface area contributed by atoms with Crippen LogP contribution in [0.4, 0.5) is 0 Å². The maximum absolute atomic E-state index is 11.9. The molecule has 4 nitrogen and oxygen atoms in total. The minimum absolute atomic E-state index is 0.107. The van der Waals surface area contributed by atoms with Gasteiger partial charge in [-0.2, -0.15) is 11.3 Å². The van der Waals surface area contributed by atoms with Gasteiger partial charge in [-0.3, -0.25) is 19.8 Å². The Bertz CT molecular complexity index is 389. The fraction of sp³-hybridized carbons (Fsp3) is 0.455. The summed E-state index contributed by atoms with van der Waals surface area (Å²) in [5.74, 6) is -0.245. The molecule has 0 aromatic carbocycles. The maximum Gasteiger partial charge on any atom is 0.246 e. The smallest absolute Gasteiger partial charge is 0.246 e. The molecular formula is C11H14N2O2S. The highest BCUT2D eigenvalue weighted by Crippen LogP contribution is 2.13. The van der Waals surface area contributed by atoms with Gasteiger partial charge in [0, 0.05) is 0 Å². The number of carbonyl (C=O) groups excluding carboxylic acids is 2. The van der Waals surface area contributed by atoms with Gasteiger partial charge in [0.15, 0.2) is 0 Å². The predicted octanol–water partition coefficient (Wildman–Crippen LogP) is 0.985. The van der Waals surface area contributed by atoms with E-state index in [2.05, 4.69) is 5.32 Å². The van der Waals surface area contributed by atoms with Crippen LogP contribution in [0.2, 0.25) is 0 Å². The minimum atomic E-state index is -0.212. The largest absolute Gasteiger partial charge is 0.297 e. The average molecular weight is 238 g/mol. The summed E-state index contributed by atoms with van der Waals surface area (Å²) in [6.45, 7) is 2.60. The molecule has 1 atom stereocenters. The molecule has 1 aliphatic heterocycles. The summed E-state index contributed by atoms with van der Waals surface area (Å²) in [5.41, 5.74) is 1.02. The highest BCUT2D eigenvalue weighted by atomic mass is 32.1. The molecule has 2 heterocycles. The molecule has 16 heavy (non-hydrogen) atoms. The number of nitrogens with one attached hydrogen (secondary N) is 1. The standard InChI is InChI=1S/C11H14N2O2S/c1-2-9-11(15)13(10(14)5-12-9)6-8-3-4-16-7-8/h3-4,7,9,12H,2,5-6H2,1H3. The Morgan fingerprint density at radius 3 is 3.00 bits per heavy atom. The van der Waals surface area contributed by atoms with Gasteiger partial charge in [0.1, 0.15) is 0 Å². The number of hydrogen-bond donors (Lipinski definition) is 1. The van der Waals surface area contributed by atoms with E-state index < -0.39 is 0 Å². The zero-order chi connectivity index (χ0) is 11.5. The van der Waals surface area contributed by atoms with Gasteiger partial charge < -0.3 is 0 Å². The lowest BCUT2D eigenvalue weighted by Crippen LogP contribution is -2.57. The quantitative estimate of drug-likeness (QED) is 0.799. The summed E-state index contributed by atoms with van der Waals surface area (Å²) in [7, 11) is 0. The summed E-state index contributed by atoms with van der Waals surface area (Å²) in [6.07, 6.45) is 0.715. The first kappa shape index (κ1) is 11.3. The molecule has 1 N–H and O–H groups in total. The Hall–Kier alpha value is -1.20. The maximum atomic E-state index is 11.9. The fourth-order valence-corrected chi connectivity index (χ4v) is 2.41. The first-order valence-electron chi connectivity index (χ1n) is 5.31. The van der Waals surface area contributed by atoms with Crippen LogP contribution < -0.4 is 5.32 Å². The van der Waals surface area contributed by atoms with Gasteiger partial charge in [-0.15, -0.1) is 0 Å². The van der Waals surface area contributed by atoms with Crippen LogP contribution in [0.3, 0.4) is 0 Å². The van der Waals surface area contributed by atoms with Crippen LogP contribution in [-0.4, -0.2) is 29.3 Å². The van der Waals surface area contributed by atoms with Gasteiger partial charge in [-0.25, -0.2) is 0 Å². The Kier molecular flexibility index (Phi) is 3.36. The molecule has 5 heteroatoms. The number of carbonyl (C=O) groups is 2. The number of piperazine rings is 1. The van der Waals surface area contributed by atoms with E-state index in [9.17, 15) is 9.59 Å². The van der Waals surface area contributed by atoms with Crippen LogP contribution in [0.15, 0.2) is 16.8 Å². The lowest BCUT2D eigenvalue weighted by molar-refractivity contribution is -0.150. The average Bonchev–Trinajstić information content (AvgIpc) is 2.77. The van der Waals surface area contributed by atoms with Crippen LogP contribution in [0.1, 0.15) is 18.9 Å². The van der Waals surface area contributed by atoms with Crippen molar-refractivity contribution in [2.45, 2.75) is 25.9 Å². The summed E-state index contributed by atoms with van der Waals surface area (Å²) in [5, 5.41) is 6.85. The van der Waals surface area contributed by atoms with Crippen LogP contribution >= 0.6 is 11.3 Å². The third kappa shape index (κ3) is 2.15. The molecule has 1 aromatic heterocycles. The molecule has 0 spiro atoms. The zero-order valence-electron chi connectivity index (χ0n) is 9.10. The molecule has 1 saturated heterocycles. The molecule has 0 saturated carbocycles. The van der Waals surface area contributed by atoms with Crippen molar-refractivity contribution in [1.29, 1.82) is 0 Å². The zero-order valence-corrected chi connectivity index (χ0v) is 9.92. The molecule has 2 amide bonds. The second-order valence-electron chi connectivity index (χ2n) is 3.79. The van der Waals surface area contributed by atoms with E-state index >= 15 is 0 Å². The molecule has 0 aliphatic carbocycles. The first-order valence-corrected chi connectivity index (χ1v) is 6.25. The molecular weight excluding hydrogens is 224 g/mol. The number of imide groups is 1. The molecule has 86 valence electrons. The third-order valence-electron chi connectivity index (χ3n) is 2.69. The van der Waals surface area contributed by atoms with Gasteiger partial charge in [-0.1, -0.05) is 6.92 Å². The number of amides is 2. The molecule has 0 radical (unpaired) electrons. The fourth-order valence-electron chi connectivity index (χ4n) is 1.75. The minimum Gasteiger partial charge on any atom is -0.297 e. The van der Waals surface area contributed by atoms with Crippen molar-refractivity contribution in [3.8, 4) is 0 Å². The Morgan fingerprint density at radius 1 is 1.56 bits per heavy atom. The molecule has 0 bridgehead atoms. The van der Waals surface area contributed by atoms with Gasteiger partial charge in [0.05, 0.1) is 19.1 Å². The summed E-state index contributed by atoms with van der Waals surface area (Å²) in [4.78, 5) is 24.9. The topological polar surface area (TPSA) is 49.4 Å². The first-order chi connectivity index (χ1) is 7.72. The number of nitrogens with zero attached hydrogens (tertiary/aromatic N) is 1. The van der Waals surface area contributed by atoms with Gasteiger partial charge >= 0.3 is 0 Å². The Labute approximate surface area is 98.3 Å². The van der Waals surface area contributed by atoms with Crippen molar-refractivity contribution in [3.63, 3.8) is 0 Å². The van der Waals surface area contributed by atoms with E-state index in [4.69, 9.17) is 0 Å². The SMILES string of the molecule is CCC1NCC(=O)N(Cc2ccsc2)C1=O. The van der Waals surface area contributed by atoms with E-state index in [0.717, 1.165) is 5.56 Å². The highest BCUT2D eigenvalue weighted by molar-refractivity contribution is 7.07. The molecule has 2 rings (SSSR count). The Morgan fingerprint density at radius 2 is 2.38 bits per heavy atom. The van der Waals surface area contributed by atoms with E-state index in [0.29, 0.717) is 13.0 Å². The summed E-state index contributed by atoms with van der Waals surface area (Å²) >= 11 is 1.57. The van der Waals surface area contributed by atoms with Crippen LogP contribution in [0.5, 0.6) is 0 Å².